The van der Waals surface area contributed by atoms with E-state index in [2.05, 4.69) is 0 Å². The molecule has 1 aromatic carbocycles. The molecular formula is C13H10BF4O. The number of benzene rings is 1. The van der Waals surface area contributed by atoms with Crippen LogP contribution < -0.4 is 10.2 Å². The Morgan fingerprint density at radius 2 is 1.95 bits per heavy atom. The van der Waals surface area contributed by atoms with Crippen molar-refractivity contribution in [2.75, 3.05) is 7.11 Å². The third-order valence-corrected chi connectivity index (χ3v) is 2.76. The predicted octanol–water partition coefficient (Wildman–Crippen LogP) is 2.78. The van der Waals surface area contributed by atoms with Gasteiger partial charge in [-0.05, 0) is 17.6 Å². The van der Waals surface area contributed by atoms with E-state index in [-0.39, 0.29) is 11.2 Å². The topological polar surface area (TPSA) is 9.23 Å². The summed E-state index contributed by atoms with van der Waals surface area (Å²) in [5.74, 6) is -2.66. The van der Waals surface area contributed by atoms with Crippen molar-refractivity contribution in [1.82, 2.24) is 0 Å². The van der Waals surface area contributed by atoms with E-state index in [0.29, 0.717) is 6.07 Å². The summed E-state index contributed by atoms with van der Waals surface area (Å²) in [5.41, 5.74) is -2.32. The minimum Gasteiger partial charge on any atom is -0.494 e. The molecule has 0 saturated heterocycles. The maximum absolute atomic E-state index is 14.3. The lowest BCUT2D eigenvalue weighted by Gasteiger charge is -2.22. The second-order valence-electron chi connectivity index (χ2n) is 4.23. The summed E-state index contributed by atoms with van der Waals surface area (Å²) < 4.78 is 58.8. The summed E-state index contributed by atoms with van der Waals surface area (Å²) in [6.45, 7) is 0. The van der Waals surface area contributed by atoms with Crippen LogP contribution in [0.15, 0.2) is 36.2 Å². The predicted molar refractivity (Wildman–Crippen MR) is 65.1 cm³/mol. The van der Waals surface area contributed by atoms with Gasteiger partial charge < -0.3 is 4.74 Å². The van der Waals surface area contributed by atoms with Crippen LogP contribution in [0.4, 0.5) is 17.6 Å². The van der Waals surface area contributed by atoms with Gasteiger partial charge in [0.05, 0.1) is 7.11 Å². The van der Waals surface area contributed by atoms with Gasteiger partial charge in [0.1, 0.15) is 17.2 Å². The smallest absolute Gasteiger partial charge is 0.211 e. The van der Waals surface area contributed by atoms with E-state index < -0.39 is 29.5 Å². The van der Waals surface area contributed by atoms with Gasteiger partial charge in [-0.1, -0.05) is 12.2 Å². The van der Waals surface area contributed by atoms with Gasteiger partial charge in [-0.15, -0.1) is 0 Å². The summed E-state index contributed by atoms with van der Waals surface area (Å²) in [6, 6.07) is 1.64. The van der Waals surface area contributed by atoms with Gasteiger partial charge in [0.25, 0.3) is 0 Å². The standard InChI is InChI=1S/C13H10BF4O/c1-19-12-5-9(10(16)6-11(12)17)14-13(18)4-2-3-8(15)7-13/h2-6H,7H2,1H3. The van der Waals surface area contributed by atoms with E-state index in [0.717, 1.165) is 25.5 Å². The van der Waals surface area contributed by atoms with Gasteiger partial charge in [-0.2, -0.15) is 0 Å². The quantitative estimate of drug-likeness (QED) is 0.605. The van der Waals surface area contributed by atoms with Crippen LogP contribution in [0.25, 0.3) is 0 Å². The summed E-state index contributed by atoms with van der Waals surface area (Å²) in [5, 5.41) is 0. The lowest BCUT2D eigenvalue weighted by molar-refractivity contribution is 0.316. The molecule has 2 rings (SSSR count). The molecule has 0 heterocycles. The molecule has 6 heteroatoms. The maximum Gasteiger partial charge on any atom is 0.211 e. The van der Waals surface area contributed by atoms with Crippen LogP contribution in [-0.2, 0) is 0 Å². The van der Waals surface area contributed by atoms with Crippen LogP contribution in [0, 0.1) is 11.6 Å². The van der Waals surface area contributed by atoms with Crippen molar-refractivity contribution in [2.24, 2.45) is 0 Å². The molecule has 0 aromatic heterocycles. The molecule has 0 N–H and O–H groups in total. The number of halogens is 4. The van der Waals surface area contributed by atoms with Gasteiger partial charge in [0, 0.05) is 12.5 Å². The minimum atomic E-state index is -2.14. The van der Waals surface area contributed by atoms with Crippen molar-refractivity contribution in [1.29, 1.82) is 0 Å². The van der Waals surface area contributed by atoms with Gasteiger partial charge in [0.2, 0.25) is 7.28 Å². The van der Waals surface area contributed by atoms with E-state index in [1.54, 1.807) is 0 Å². The van der Waals surface area contributed by atoms with Crippen molar-refractivity contribution in [2.45, 2.75) is 12.0 Å². The molecule has 1 unspecified atom stereocenters. The number of alkyl halides is 1. The molecule has 19 heavy (non-hydrogen) atoms. The highest BCUT2D eigenvalue weighted by molar-refractivity contribution is 6.57. The van der Waals surface area contributed by atoms with Crippen LogP contribution >= 0.6 is 0 Å². The van der Waals surface area contributed by atoms with Gasteiger partial charge in [-0.3, -0.25) is 0 Å². The summed E-state index contributed by atoms with van der Waals surface area (Å²) in [4.78, 5) is 0. The molecule has 1 aliphatic rings. The Hall–Kier alpha value is -1.72. The summed E-state index contributed by atoms with van der Waals surface area (Å²) in [7, 11) is 2.13. The highest BCUT2D eigenvalue weighted by Crippen LogP contribution is 2.27. The highest BCUT2D eigenvalue weighted by Gasteiger charge is 2.33. The molecular weight excluding hydrogens is 259 g/mol. The monoisotopic (exact) mass is 269 g/mol. The van der Waals surface area contributed by atoms with Crippen LogP contribution in [0.5, 0.6) is 5.75 Å². The molecule has 0 aliphatic heterocycles. The molecule has 0 saturated carbocycles. The van der Waals surface area contributed by atoms with Crippen molar-refractivity contribution in [3.63, 3.8) is 0 Å². The first-order valence-electron chi connectivity index (χ1n) is 5.55. The van der Waals surface area contributed by atoms with E-state index in [1.807, 2.05) is 0 Å². The lowest BCUT2D eigenvalue weighted by Crippen LogP contribution is -2.39. The summed E-state index contributed by atoms with van der Waals surface area (Å²) >= 11 is 0. The number of rotatable bonds is 3. The fraction of sp³-hybridized carbons (Fsp3) is 0.231. The van der Waals surface area contributed by atoms with Crippen molar-refractivity contribution < 1.29 is 22.3 Å². The Kier molecular flexibility index (Phi) is 3.69. The largest absolute Gasteiger partial charge is 0.494 e. The molecule has 0 amide bonds. The average Bonchev–Trinajstić information content (AvgIpc) is 2.32. The molecule has 1 aliphatic carbocycles. The Bertz CT molecular complexity index is 556. The molecule has 1 atom stereocenters. The fourth-order valence-electron chi connectivity index (χ4n) is 1.86. The van der Waals surface area contributed by atoms with Crippen molar-refractivity contribution >= 4 is 12.7 Å². The molecule has 99 valence electrons. The van der Waals surface area contributed by atoms with Crippen molar-refractivity contribution in [3.8, 4) is 5.75 Å². The Labute approximate surface area is 108 Å². The van der Waals surface area contributed by atoms with Gasteiger partial charge in [-0.25, -0.2) is 17.6 Å². The second kappa shape index (κ2) is 5.11. The fourth-order valence-corrected chi connectivity index (χ4v) is 1.86. The molecule has 1 nitrogen and oxygen atoms in total. The van der Waals surface area contributed by atoms with Crippen molar-refractivity contribution in [3.05, 3.63) is 47.8 Å². The highest BCUT2D eigenvalue weighted by atomic mass is 19.2. The zero-order chi connectivity index (χ0) is 14.0. The van der Waals surface area contributed by atoms with E-state index in [9.17, 15) is 17.6 Å². The first kappa shape index (κ1) is 13.7. The third-order valence-electron chi connectivity index (χ3n) is 2.76. The molecule has 0 fully saturated rings. The second-order valence-corrected chi connectivity index (χ2v) is 4.23. The SMILES string of the molecule is COc1cc([B]C2(F)C=CC=C(F)C2)c(F)cc1F. The van der Waals surface area contributed by atoms with E-state index in [1.165, 1.54) is 13.2 Å². The first-order valence-corrected chi connectivity index (χ1v) is 5.55. The lowest BCUT2D eigenvalue weighted by atomic mass is 9.54. The van der Waals surface area contributed by atoms with Crippen LogP contribution in [-0.4, -0.2) is 20.0 Å². The van der Waals surface area contributed by atoms with Gasteiger partial charge in [0.15, 0.2) is 11.6 Å². The number of allylic oxidation sites excluding steroid dienone is 4. The zero-order valence-corrected chi connectivity index (χ0v) is 10.1. The van der Waals surface area contributed by atoms with Crippen LogP contribution in [0.1, 0.15) is 6.42 Å². The molecule has 1 aromatic rings. The van der Waals surface area contributed by atoms with Crippen LogP contribution in [0.2, 0.25) is 0 Å². The Morgan fingerprint density at radius 1 is 1.21 bits per heavy atom. The normalized spacial score (nSPS) is 22.1. The third kappa shape index (κ3) is 3.00. The molecule has 0 spiro atoms. The molecule has 1 radical (unpaired) electrons. The van der Waals surface area contributed by atoms with E-state index >= 15 is 0 Å². The number of hydrogen-bond donors (Lipinski definition) is 0. The Balaban J connectivity index is 2.29. The van der Waals surface area contributed by atoms with E-state index in [4.69, 9.17) is 4.74 Å². The Morgan fingerprint density at radius 3 is 2.58 bits per heavy atom. The van der Waals surface area contributed by atoms with Gasteiger partial charge >= 0.3 is 0 Å². The number of ether oxygens (including phenoxy) is 1. The number of hydrogen-bond acceptors (Lipinski definition) is 1. The minimum absolute atomic E-state index is 0.180. The molecule has 0 bridgehead atoms. The maximum atomic E-state index is 14.3. The zero-order valence-electron chi connectivity index (χ0n) is 10.1. The first-order chi connectivity index (χ1) is 8.93. The average molecular weight is 269 g/mol. The van der Waals surface area contributed by atoms with Crippen LogP contribution in [0.3, 0.4) is 0 Å². The summed E-state index contributed by atoms with van der Waals surface area (Å²) in [6.07, 6.45) is 2.95. The number of methoxy groups -OCH3 is 1.